The van der Waals surface area contributed by atoms with Crippen molar-refractivity contribution in [1.82, 2.24) is 0 Å². The summed E-state index contributed by atoms with van der Waals surface area (Å²) in [6.45, 7) is 2.76. The summed E-state index contributed by atoms with van der Waals surface area (Å²) in [7, 11) is 0. The largest absolute Gasteiger partial charge is 0.372 e. The van der Waals surface area contributed by atoms with E-state index in [-0.39, 0.29) is 12.0 Å². The third kappa shape index (κ3) is 1.64. The van der Waals surface area contributed by atoms with Crippen LogP contribution in [0.1, 0.15) is 23.7 Å². The van der Waals surface area contributed by atoms with Crippen LogP contribution in [-0.4, -0.2) is 6.61 Å². The smallest absolute Gasteiger partial charge is 0.0983 e. The minimum atomic E-state index is -0.0133. The van der Waals surface area contributed by atoms with Crippen LogP contribution in [-0.2, 0) is 4.74 Å². The third-order valence-corrected chi connectivity index (χ3v) is 2.66. The van der Waals surface area contributed by atoms with Gasteiger partial charge in [0, 0.05) is 6.61 Å². The van der Waals surface area contributed by atoms with Crippen molar-refractivity contribution in [2.75, 3.05) is 6.61 Å². The fourth-order valence-electron chi connectivity index (χ4n) is 1.81. The predicted molar refractivity (Wildman–Crippen MR) is 53.6 cm³/mol. The number of rotatable bonds is 1. The second-order valence-electron chi connectivity index (χ2n) is 3.73. The second kappa shape index (κ2) is 3.81. The Morgan fingerprint density at radius 1 is 1.36 bits per heavy atom. The molecule has 0 amide bonds. The van der Waals surface area contributed by atoms with E-state index in [1.807, 2.05) is 0 Å². The Bertz CT molecular complexity index is 350. The Morgan fingerprint density at radius 2 is 2.07 bits per heavy atom. The Labute approximate surface area is 84.1 Å². The van der Waals surface area contributed by atoms with Gasteiger partial charge in [0.2, 0.25) is 0 Å². The molecule has 0 aromatic heterocycles. The Morgan fingerprint density at radius 3 is 2.71 bits per heavy atom. The summed E-state index contributed by atoms with van der Waals surface area (Å²) in [6, 6.07) is 10.5. The molecule has 1 aromatic rings. The van der Waals surface area contributed by atoms with Crippen molar-refractivity contribution in [3.05, 3.63) is 35.4 Å². The molecule has 0 bridgehead atoms. The van der Waals surface area contributed by atoms with E-state index < -0.39 is 0 Å². The fourth-order valence-corrected chi connectivity index (χ4v) is 1.81. The van der Waals surface area contributed by atoms with Gasteiger partial charge in [-0.05, 0) is 18.9 Å². The van der Waals surface area contributed by atoms with E-state index in [9.17, 15) is 0 Å². The van der Waals surface area contributed by atoms with Gasteiger partial charge in [-0.15, -0.1) is 0 Å². The summed E-state index contributed by atoms with van der Waals surface area (Å²) in [6.07, 6.45) is 0.843. The molecule has 2 nitrogen and oxygen atoms in total. The molecular weight excluding hydrogens is 174 g/mol. The van der Waals surface area contributed by atoms with Crippen molar-refractivity contribution in [1.29, 1.82) is 5.26 Å². The summed E-state index contributed by atoms with van der Waals surface area (Å²) < 4.78 is 5.56. The highest BCUT2D eigenvalue weighted by molar-refractivity contribution is 5.25. The molecule has 2 unspecified atom stereocenters. The molecule has 2 heteroatoms. The van der Waals surface area contributed by atoms with Crippen LogP contribution in [0.2, 0.25) is 0 Å². The van der Waals surface area contributed by atoms with Gasteiger partial charge in [-0.3, -0.25) is 0 Å². The van der Waals surface area contributed by atoms with Crippen LogP contribution >= 0.6 is 0 Å². The van der Waals surface area contributed by atoms with Crippen LogP contribution in [0.25, 0.3) is 0 Å². The highest BCUT2D eigenvalue weighted by Crippen LogP contribution is 2.33. The SMILES string of the molecule is Cc1ccc(C2OCCC2C#N)cc1. The lowest BCUT2D eigenvalue weighted by Crippen LogP contribution is -2.04. The normalized spacial score (nSPS) is 26.0. The molecule has 1 fully saturated rings. The van der Waals surface area contributed by atoms with Crippen LogP contribution in [0.5, 0.6) is 0 Å². The van der Waals surface area contributed by atoms with E-state index in [1.54, 1.807) is 0 Å². The zero-order valence-corrected chi connectivity index (χ0v) is 8.23. The third-order valence-electron chi connectivity index (χ3n) is 2.66. The minimum absolute atomic E-state index is 0.0133. The first-order valence-corrected chi connectivity index (χ1v) is 4.89. The lowest BCUT2D eigenvalue weighted by molar-refractivity contribution is 0.101. The average molecular weight is 187 g/mol. The Hall–Kier alpha value is -1.33. The van der Waals surface area contributed by atoms with Crippen LogP contribution in [0.3, 0.4) is 0 Å². The maximum Gasteiger partial charge on any atom is 0.0983 e. The van der Waals surface area contributed by atoms with Crippen molar-refractivity contribution >= 4 is 0 Å². The quantitative estimate of drug-likeness (QED) is 0.677. The van der Waals surface area contributed by atoms with Gasteiger partial charge in [0.25, 0.3) is 0 Å². The van der Waals surface area contributed by atoms with Crippen molar-refractivity contribution in [2.45, 2.75) is 19.4 Å². The number of hydrogen-bond donors (Lipinski definition) is 0. The molecule has 0 spiro atoms. The summed E-state index contributed by atoms with van der Waals surface area (Å²) in [4.78, 5) is 0. The van der Waals surface area contributed by atoms with Gasteiger partial charge >= 0.3 is 0 Å². The molecule has 2 rings (SSSR count). The molecule has 72 valence electrons. The Kier molecular flexibility index (Phi) is 2.51. The van der Waals surface area contributed by atoms with Gasteiger partial charge in [-0.1, -0.05) is 29.8 Å². The molecule has 2 atom stereocenters. The number of nitriles is 1. The molecule has 1 saturated heterocycles. The Balaban J connectivity index is 2.23. The maximum atomic E-state index is 8.92. The van der Waals surface area contributed by atoms with Gasteiger partial charge < -0.3 is 4.74 Å². The van der Waals surface area contributed by atoms with Gasteiger partial charge in [0.05, 0.1) is 18.1 Å². The van der Waals surface area contributed by atoms with E-state index in [0.29, 0.717) is 6.61 Å². The van der Waals surface area contributed by atoms with Crippen LogP contribution in [0, 0.1) is 24.2 Å². The highest BCUT2D eigenvalue weighted by atomic mass is 16.5. The van der Waals surface area contributed by atoms with Crippen LogP contribution < -0.4 is 0 Å². The molecule has 1 heterocycles. The molecule has 14 heavy (non-hydrogen) atoms. The van der Waals surface area contributed by atoms with Crippen molar-refractivity contribution in [3.8, 4) is 6.07 Å². The van der Waals surface area contributed by atoms with Crippen LogP contribution in [0.4, 0.5) is 0 Å². The predicted octanol–water partition coefficient (Wildman–Crippen LogP) is 2.60. The van der Waals surface area contributed by atoms with E-state index in [1.165, 1.54) is 5.56 Å². The average Bonchev–Trinajstić information content (AvgIpc) is 2.67. The monoisotopic (exact) mass is 187 g/mol. The van der Waals surface area contributed by atoms with Gasteiger partial charge in [-0.2, -0.15) is 5.26 Å². The lowest BCUT2D eigenvalue weighted by Gasteiger charge is -2.12. The molecule has 0 radical (unpaired) electrons. The van der Waals surface area contributed by atoms with E-state index in [0.717, 1.165) is 12.0 Å². The zero-order valence-electron chi connectivity index (χ0n) is 8.23. The molecule has 1 aliphatic rings. The number of aryl methyl sites for hydroxylation is 1. The first kappa shape index (κ1) is 9.23. The summed E-state index contributed by atoms with van der Waals surface area (Å²) in [5.41, 5.74) is 2.36. The molecule has 0 aliphatic carbocycles. The van der Waals surface area contributed by atoms with Gasteiger partial charge in [0.15, 0.2) is 0 Å². The molecule has 1 aliphatic heterocycles. The van der Waals surface area contributed by atoms with Crippen LogP contribution in [0.15, 0.2) is 24.3 Å². The standard InChI is InChI=1S/C12H13NO/c1-9-2-4-10(5-3-9)12-11(8-13)6-7-14-12/h2-5,11-12H,6-7H2,1H3. The first-order valence-electron chi connectivity index (χ1n) is 4.89. The number of ether oxygens (including phenoxy) is 1. The van der Waals surface area contributed by atoms with Crippen molar-refractivity contribution in [2.24, 2.45) is 5.92 Å². The van der Waals surface area contributed by atoms with E-state index in [2.05, 4.69) is 37.3 Å². The maximum absolute atomic E-state index is 8.92. The fraction of sp³-hybridized carbons (Fsp3) is 0.417. The van der Waals surface area contributed by atoms with E-state index in [4.69, 9.17) is 10.00 Å². The number of nitrogens with zero attached hydrogens (tertiary/aromatic N) is 1. The van der Waals surface area contributed by atoms with Gasteiger partial charge in [0.1, 0.15) is 0 Å². The summed E-state index contributed by atoms with van der Waals surface area (Å²) in [5.74, 6) is 0.0257. The minimum Gasteiger partial charge on any atom is -0.372 e. The molecule has 0 N–H and O–H groups in total. The van der Waals surface area contributed by atoms with Crippen molar-refractivity contribution < 1.29 is 4.74 Å². The second-order valence-corrected chi connectivity index (χ2v) is 3.73. The highest BCUT2D eigenvalue weighted by Gasteiger charge is 2.29. The van der Waals surface area contributed by atoms with Crippen molar-refractivity contribution in [3.63, 3.8) is 0 Å². The van der Waals surface area contributed by atoms with Gasteiger partial charge in [-0.25, -0.2) is 0 Å². The van der Waals surface area contributed by atoms with E-state index >= 15 is 0 Å². The summed E-state index contributed by atoms with van der Waals surface area (Å²) >= 11 is 0. The summed E-state index contributed by atoms with van der Waals surface area (Å²) in [5, 5.41) is 8.92. The molecule has 1 aromatic carbocycles. The number of hydrogen-bond acceptors (Lipinski definition) is 2. The topological polar surface area (TPSA) is 33.0 Å². The lowest BCUT2D eigenvalue weighted by atomic mass is 9.96. The zero-order chi connectivity index (χ0) is 9.97. The number of benzene rings is 1. The first-order chi connectivity index (χ1) is 6.81. The molecule has 0 saturated carbocycles. The molecular formula is C12H13NO.